The number of sulfonamides is 1. The van der Waals surface area contributed by atoms with Gasteiger partial charge < -0.3 is 5.32 Å². The van der Waals surface area contributed by atoms with Crippen LogP contribution in [0.15, 0.2) is 77.0 Å². The Hall–Kier alpha value is -2.48. The van der Waals surface area contributed by atoms with E-state index in [0.29, 0.717) is 18.5 Å². The van der Waals surface area contributed by atoms with Gasteiger partial charge in [0.2, 0.25) is 10.0 Å². The fraction of sp³-hybridized carbons (Fsp3) is 0.190. The van der Waals surface area contributed by atoms with Crippen LogP contribution in [0.3, 0.4) is 0 Å². The van der Waals surface area contributed by atoms with Crippen molar-refractivity contribution >= 4 is 27.3 Å². The van der Waals surface area contributed by atoms with Gasteiger partial charge in [0.05, 0.1) is 10.9 Å². The quantitative estimate of drug-likeness (QED) is 0.589. The number of carbonyl (C=O) groups excluding carboxylic acids is 1. The molecule has 146 valence electrons. The third-order valence-electron chi connectivity index (χ3n) is 4.32. The standard InChI is InChI=1S/C21H22N2O3S2/c1-16(17-6-3-2-4-7-17)23-21(24)18-9-11-20(12-10-18)28(25,26)22-14-13-19-8-5-15-27-19/h2-12,15-16,22H,13-14H2,1H3,(H,23,24). The van der Waals surface area contributed by atoms with Crippen molar-refractivity contribution in [2.24, 2.45) is 0 Å². The summed E-state index contributed by atoms with van der Waals surface area (Å²) in [6.45, 7) is 2.24. The highest BCUT2D eigenvalue weighted by Gasteiger charge is 2.16. The summed E-state index contributed by atoms with van der Waals surface area (Å²) < 4.78 is 27.4. The average Bonchev–Trinajstić information content (AvgIpc) is 3.22. The Morgan fingerprint density at radius 3 is 2.36 bits per heavy atom. The monoisotopic (exact) mass is 414 g/mol. The first kappa shape index (κ1) is 20.3. The van der Waals surface area contributed by atoms with Crippen LogP contribution in [0.5, 0.6) is 0 Å². The molecule has 0 aliphatic heterocycles. The van der Waals surface area contributed by atoms with Crippen molar-refractivity contribution in [2.45, 2.75) is 24.3 Å². The summed E-state index contributed by atoms with van der Waals surface area (Å²) in [4.78, 5) is 13.7. The number of benzene rings is 2. The molecule has 0 aliphatic rings. The van der Waals surface area contributed by atoms with Crippen LogP contribution in [-0.4, -0.2) is 20.9 Å². The van der Waals surface area contributed by atoms with Crippen molar-refractivity contribution in [3.8, 4) is 0 Å². The van der Waals surface area contributed by atoms with Crippen LogP contribution in [0.2, 0.25) is 0 Å². The lowest BCUT2D eigenvalue weighted by Gasteiger charge is -2.14. The zero-order chi connectivity index (χ0) is 20.0. The molecular weight excluding hydrogens is 392 g/mol. The van der Waals surface area contributed by atoms with Gasteiger partial charge >= 0.3 is 0 Å². The van der Waals surface area contributed by atoms with Crippen LogP contribution < -0.4 is 10.0 Å². The van der Waals surface area contributed by atoms with Crippen LogP contribution >= 0.6 is 11.3 Å². The van der Waals surface area contributed by atoms with Gasteiger partial charge in [-0.15, -0.1) is 11.3 Å². The van der Waals surface area contributed by atoms with Gasteiger partial charge in [-0.25, -0.2) is 13.1 Å². The van der Waals surface area contributed by atoms with Crippen LogP contribution in [0, 0.1) is 0 Å². The van der Waals surface area contributed by atoms with E-state index in [9.17, 15) is 13.2 Å². The Labute approximate surface area is 169 Å². The number of thiophene rings is 1. The van der Waals surface area contributed by atoms with Crippen molar-refractivity contribution in [1.29, 1.82) is 0 Å². The Kier molecular flexibility index (Phi) is 6.61. The topological polar surface area (TPSA) is 75.3 Å². The van der Waals surface area contributed by atoms with E-state index in [2.05, 4.69) is 10.0 Å². The summed E-state index contributed by atoms with van der Waals surface area (Å²) in [5.74, 6) is -0.244. The molecule has 0 saturated heterocycles. The molecule has 0 spiro atoms. The highest BCUT2D eigenvalue weighted by molar-refractivity contribution is 7.89. The third-order valence-corrected chi connectivity index (χ3v) is 6.73. The first-order chi connectivity index (χ1) is 13.5. The number of carbonyl (C=O) groups is 1. The van der Waals surface area contributed by atoms with Gasteiger partial charge in [-0.2, -0.15) is 0 Å². The van der Waals surface area contributed by atoms with Gasteiger partial charge in [-0.1, -0.05) is 36.4 Å². The molecule has 1 amide bonds. The zero-order valence-electron chi connectivity index (χ0n) is 15.5. The van der Waals surface area contributed by atoms with E-state index in [0.717, 1.165) is 10.4 Å². The van der Waals surface area contributed by atoms with Gasteiger partial charge in [0.25, 0.3) is 5.91 Å². The molecule has 2 aromatic carbocycles. The van der Waals surface area contributed by atoms with Crippen molar-refractivity contribution in [2.75, 3.05) is 6.54 Å². The van der Waals surface area contributed by atoms with E-state index >= 15 is 0 Å². The molecule has 1 heterocycles. The molecule has 3 aromatic rings. The highest BCUT2D eigenvalue weighted by Crippen LogP contribution is 2.15. The summed E-state index contributed by atoms with van der Waals surface area (Å²) in [5.41, 5.74) is 1.42. The Bertz CT molecular complexity index is 1000. The number of hydrogen-bond donors (Lipinski definition) is 2. The largest absolute Gasteiger partial charge is 0.346 e. The fourth-order valence-corrected chi connectivity index (χ4v) is 4.48. The van der Waals surface area contributed by atoms with Crippen LogP contribution in [-0.2, 0) is 16.4 Å². The van der Waals surface area contributed by atoms with Crippen molar-refractivity contribution in [1.82, 2.24) is 10.0 Å². The second-order valence-corrected chi connectivity index (χ2v) is 9.16. The molecule has 1 aromatic heterocycles. The Morgan fingerprint density at radius 2 is 1.71 bits per heavy atom. The molecule has 5 nitrogen and oxygen atoms in total. The molecule has 2 N–H and O–H groups in total. The Balaban J connectivity index is 1.59. The van der Waals surface area contributed by atoms with Crippen molar-refractivity contribution in [3.63, 3.8) is 0 Å². The Morgan fingerprint density at radius 1 is 1.00 bits per heavy atom. The van der Waals surface area contributed by atoms with Gasteiger partial charge in [0.1, 0.15) is 0 Å². The first-order valence-corrected chi connectivity index (χ1v) is 11.3. The molecule has 1 unspecified atom stereocenters. The van der Waals surface area contributed by atoms with E-state index in [1.807, 2.05) is 54.8 Å². The second-order valence-electron chi connectivity index (χ2n) is 6.36. The second kappa shape index (κ2) is 9.14. The smallest absolute Gasteiger partial charge is 0.251 e. The van der Waals surface area contributed by atoms with Crippen LogP contribution in [0.25, 0.3) is 0 Å². The van der Waals surface area contributed by atoms with Gasteiger partial charge in [-0.05, 0) is 54.6 Å². The van der Waals surface area contributed by atoms with Crippen molar-refractivity contribution in [3.05, 3.63) is 88.1 Å². The summed E-state index contributed by atoms with van der Waals surface area (Å²) in [5, 5.41) is 4.88. The lowest BCUT2D eigenvalue weighted by Crippen LogP contribution is -2.27. The summed E-state index contributed by atoms with van der Waals surface area (Å²) >= 11 is 1.60. The molecule has 0 bridgehead atoms. The molecule has 0 radical (unpaired) electrons. The summed E-state index contributed by atoms with van der Waals surface area (Å²) in [6.07, 6.45) is 0.648. The maximum absolute atomic E-state index is 12.4. The maximum atomic E-state index is 12.4. The predicted molar refractivity (Wildman–Crippen MR) is 112 cm³/mol. The third kappa shape index (κ3) is 5.28. The van der Waals surface area contributed by atoms with E-state index in [-0.39, 0.29) is 16.8 Å². The minimum Gasteiger partial charge on any atom is -0.346 e. The number of rotatable bonds is 8. The SMILES string of the molecule is CC(NC(=O)c1ccc(S(=O)(=O)NCCc2cccs2)cc1)c1ccccc1. The van der Waals surface area contributed by atoms with E-state index in [4.69, 9.17) is 0 Å². The maximum Gasteiger partial charge on any atom is 0.251 e. The molecule has 28 heavy (non-hydrogen) atoms. The van der Waals surface area contributed by atoms with Gasteiger partial charge in [-0.3, -0.25) is 4.79 Å². The molecule has 3 rings (SSSR count). The molecule has 1 atom stereocenters. The zero-order valence-corrected chi connectivity index (χ0v) is 17.1. The van der Waals surface area contributed by atoms with E-state index in [1.165, 1.54) is 24.3 Å². The highest BCUT2D eigenvalue weighted by atomic mass is 32.2. The van der Waals surface area contributed by atoms with Crippen LogP contribution in [0.1, 0.15) is 33.8 Å². The number of amides is 1. The lowest BCUT2D eigenvalue weighted by molar-refractivity contribution is 0.0940. The minimum atomic E-state index is -3.60. The molecule has 0 fully saturated rings. The molecule has 0 aliphatic carbocycles. The minimum absolute atomic E-state index is 0.143. The predicted octanol–water partition coefficient (Wildman–Crippen LogP) is 3.76. The van der Waals surface area contributed by atoms with Crippen molar-refractivity contribution < 1.29 is 13.2 Å². The van der Waals surface area contributed by atoms with E-state index in [1.54, 1.807) is 11.3 Å². The summed E-state index contributed by atoms with van der Waals surface area (Å²) in [6, 6.07) is 19.4. The van der Waals surface area contributed by atoms with Gasteiger partial charge in [0.15, 0.2) is 0 Å². The summed E-state index contributed by atoms with van der Waals surface area (Å²) in [7, 11) is -3.60. The number of hydrogen-bond acceptors (Lipinski definition) is 4. The average molecular weight is 415 g/mol. The van der Waals surface area contributed by atoms with E-state index < -0.39 is 10.0 Å². The molecular formula is C21H22N2O3S2. The van der Waals surface area contributed by atoms with Gasteiger partial charge in [0, 0.05) is 17.0 Å². The fourth-order valence-electron chi connectivity index (χ4n) is 2.74. The number of nitrogens with one attached hydrogen (secondary N) is 2. The lowest BCUT2D eigenvalue weighted by atomic mass is 10.1. The molecule has 0 saturated carbocycles. The molecule has 7 heteroatoms. The van der Waals surface area contributed by atoms with Crippen LogP contribution in [0.4, 0.5) is 0 Å². The first-order valence-electron chi connectivity index (χ1n) is 8.93. The normalized spacial score (nSPS) is 12.5.